The van der Waals surface area contributed by atoms with Crippen molar-refractivity contribution < 1.29 is 38.0 Å². The van der Waals surface area contributed by atoms with Crippen molar-refractivity contribution in [1.29, 1.82) is 0 Å². The molecule has 0 saturated carbocycles. The summed E-state index contributed by atoms with van der Waals surface area (Å²) in [5, 5.41) is 0. The number of nitrogens with zero attached hydrogens (tertiary/aromatic N) is 4. The van der Waals surface area contributed by atoms with Crippen LogP contribution < -0.4 is 5.73 Å². The van der Waals surface area contributed by atoms with Gasteiger partial charge in [-0.1, -0.05) is 37.8 Å². The third kappa shape index (κ3) is 15.0. The number of methoxy groups -OCH3 is 2. The van der Waals surface area contributed by atoms with Crippen molar-refractivity contribution in [3.63, 3.8) is 0 Å². The molecule has 13 heteroatoms. The monoisotopic (exact) mass is 673 g/mol. The summed E-state index contributed by atoms with van der Waals surface area (Å²) in [7, 11) is 2.72. The summed E-state index contributed by atoms with van der Waals surface area (Å²) in [4.78, 5) is 37.9. The van der Waals surface area contributed by atoms with Crippen molar-refractivity contribution in [2.24, 2.45) is 5.73 Å². The molecule has 1 saturated heterocycles. The average molecular weight is 674 g/mol. The number of carbonyl (C=O) groups excluding carboxylic acids is 2. The lowest BCUT2D eigenvalue weighted by molar-refractivity contribution is 0.000253. The molecule has 2 N–H and O–H groups in total. The van der Waals surface area contributed by atoms with Crippen molar-refractivity contribution in [3.8, 4) is 0 Å². The van der Waals surface area contributed by atoms with Crippen molar-refractivity contribution in [3.05, 3.63) is 59.2 Å². The zero-order chi connectivity index (χ0) is 34.2. The number of pyridine rings is 2. The summed E-state index contributed by atoms with van der Waals surface area (Å²) in [6, 6.07) is 10.9. The first-order chi connectivity index (χ1) is 23.5. The number of unbranched alkanes of at least 4 members (excludes halogenated alkanes) is 4. The van der Waals surface area contributed by atoms with Gasteiger partial charge in [-0.15, -0.1) is 0 Å². The number of aromatic nitrogens is 2. The maximum Gasteiger partial charge on any atom is 0.356 e. The normalized spacial score (nSPS) is 17.6. The van der Waals surface area contributed by atoms with E-state index in [1.807, 2.05) is 24.3 Å². The van der Waals surface area contributed by atoms with Gasteiger partial charge in [-0.05, 0) is 43.7 Å². The van der Waals surface area contributed by atoms with Crippen LogP contribution in [0.4, 0.5) is 0 Å². The van der Waals surface area contributed by atoms with E-state index in [4.69, 9.17) is 39.1 Å². The molecule has 0 amide bonds. The first kappa shape index (κ1) is 39.4. The minimum Gasteiger partial charge on any atom is -0.464 e. The van der Waals surface area contributed by atoms with Crippen LogP contribution in [0.15, 0.2) is 36.4 Å². The van der Waals surface area contributed by atoms with Gasteiger partial charge in [-0.25, -0.2) is 19.6 Å². The average Bonchev–Trinajstić information content (AvgIpc) is 3.11. The van der Waals surface area contributed by atoms with Gasteiger partial charge in [0.15, 0.2) is 0 Å². The molecular weight excluding hydrogens is 618 g/mol. The van der Waals surface area contributed by atoms with Gasteiger partial charge in [0, 0.05) is 32.7 Å². The second-order valence-electron chi connectivity index (χ2n) is 11.6. The molecule has 13 nitrogen and oxygen atoms in total. The van der Waals surface area contributed by atoms with Crippen LogP contribution in [0, 0.1) is 0 Å². The molecule has 2 aromatic heterocycles. The number of ether oxygens (including phenoxy) is 6. The molecule has 1 atom stereocenters. The number of hydrogen-bond donors (Lipinski definition) is 1. The van der Waals surface area contributed by atoms with E-state index < -0.39 is 11.9 Å². The molecule has 1 aliphatic heterocycles. The van der Waals surface area contributed by atoms with Gasteiger partial charge in [0.1, 0.15) is 11.4 Å². The number of hydrogen-bond acceptors (Lipinski definition) is 13. The van der Waals surface area contributed by atoms with E-state index in [9.17, 15) is 9.59 Å². The topological polar surface area (TPSA) is 148 Å². The van der Waals surface area contributed by atoms with Crippen LogP contribution in [0.3, 0.4) is 0 Å². The molecule has 0 radical (unpaired) electrons. The Balaban J connectivity index is 1.60. The fourth-order valence-corrected chi connectivity index (χ4v) is 5.49. The number of carbonyl (C=O) groups is 2. The second-order valence-corrected chi connectivity index (χ2v) is 11.6. The fraction of sp³-hybridized carbons (Fsp3) is 0.657. The predicted octanol–water partition coefficient (Wildman–Crippen LogP) is 3.27. The van der Waals surface area contributed by atoms with Gasteiger partial charge in [-0.2, -0.15) is 0 Å². The number of rotatable bonds is 13. The smallest absolute Gasteiger partial charge is 0.356 e. The van der Waals surface area contributed by atoms with Crippen molar-refractivity contribution >= 4 is 11.9 Å². The van der Waals surface area contributed by atoms with E-state index in [0.717, 1.165) is 56.5 Å². The molecular formula is C35H55N5O8. The van der Waals surface area contributed by atoms with Crippen LogP contribution in [0.25, 0.3) is 0 Å². The number of nitrogens with two attached hydrogens (primary N) is 1. The number of esters is 2. The van der Waals surface area contributed by atoms with E-state index >= 15 is 0 Å². The first-order valence-corrected chi connectivity index (χ1v) is 17.1. The summed E-state index contributed by atoms with van der Waals surface area (Å²) >= 11 is 0. The quantitative estimate of drug-likeness (QED) is 0.245. The molecule has 0 aromatic carbocycles. The van der Waals surface area contributed by atoms with Crippen LogP contribution in [-0.4, -0.2) is 132 Å². The van der Waals surface area contributed by atoms with Gasteiger partial charge in [0.25, 0.3) is 0 Å². The lowest BCUT2D eigenvalue weighted by Gasteiger charge is -2.32. The molecule has 48 heavy (non-hydrogen) atoms. The molecule has 1 unspecified atom stereocenters. The van der Waals surface area contributed by atoms with Gasteiger partial charge >= 0.3 is 11.9 Å². The Morgan fingerprint density at radius 3 is 1.81 bits per heavy atom. The first-order valence-electron chi connectivity index (χ1n) is 17.1. The Hall–Kier alpha value is -3.04. The lowest BCUT2D eigenvalue weighted by atomic mass is 10.0. The maximum atomic E-state index is 12.3. The van der Waals surface area contributed by atoms with Crippen LogP contribution in [-0.2, 0) is 35.0 Å². The van der Waals surface area contributed by atoms with Gasteiger partial charge < -0.3 is 34.2 Å². The summed E-state index contributed by atoms with van der Waals surface area (Å²) in [6.45, 7) is 7.92. The third-order valence-corrected chi connectivity index (χ3v) is 8.11. The van der Waals surface area contributed by atoms with E-state index in [-0.39, 0.29) is 11.7 Å². The largest absolute Gasteiger partial charge is 0.464 e. The lowest BCUT2D eigenvalue weighted by Crippen LogP contribution is -2.36. The Labute approximate surface area is 285 Å². The zero-order valence-electron chi connectivity index (χ0n) is 28.8. The Morgan fingerprint density at radius 2 is 1.23 bits per heavy atom. The fourth-order valence-electron chi connectivity index (χ4n) is 5.49. The summed E-state index contributed by atoms with van der Waals surface area (Å²) in [6.07, 6.45) is 6.35. The van der Waals surface area contributed by atoms with E-state index in [1.54, 1.807) is 12.1 Å². The minimum atomic E-state index is -0.458. The van der Waals surface area contributed by atoms with Crippen LogP contribution in [0.2, 0.25) is 0 Å². The van der Waals surface area contributed by atoms with E-state index in [0.29, 0.717) is 91.3 Å². The van der Waals surface area contributed by atoms with E-state index in [1.165, 1.54) is 14.2 Å². The maximum absolute atomic E-state index is 12.3. The van der Waals surface area contributed by atoms with Crippen LogP contribution in [0.1, 0.15) is 76.9 Å². The highest BCUT2D eigenvalue weighted by atomic mass is 16.5. The predicted molar refractivity (Wildman–Crippen MR) is 181 cm³/mol. The highest BCUT2D eigenvalue weighted by molar-refractivity contribution is 5.87. The van der Waals surface area contributed by atoms with Gasteiger partial charge in [0.2, 0.25) is 0 Å². The Bertz CT molecular complexity index is 1170. The summed E-state index contributed by atoms with van der Waals surface area (Å²) in [5.41, 5.74) is 7.87. The third-order valence-electron chi connectivity index (χ3n) is 8.11. The molecule has 3 rings (SSSR count). The van der Waals surface area contributed by atoms with Gasteiger partial charge in [-0.3, -0.25) is 9.80 Å². The molecule has 1 fully saturated rings. The molecule has 0 aliphatic carbocycles. The van der Waals surface area contributed by atoms with Crippen molar-refractivity contribution in [2.75, 3.05) is 99.8 Å². The van der Waals surface area contributed by atoms with Crippen LogP contribution in [0.5, 0.6) is 0 Å². The molecule has 0 spiro atoms. The molecule has 268 valence electrons. The second kappa shape index (κ2) is 24.2. The van der Waals surface area contributed by atoms with Gasteiger partial charge in [0.05, 0.1) is 84.5 Å². The van der Waals surface area contributed by atoms with E-state index in [2.05, 4.69) is 14.8 Å². The molecule has 2 aromatic rings. The highest BCUT2D eigenvalue weighted by Gasteiger charge is 2.23. The SMILES string of the molecule is COC(=O)c1cccc(CN2CCOCCOCCN(C(CCCCCCCN)c3cccc(C(=O)OC)n3)CCOCCOCC2)n1. The Kier molecular flexibility index (Phi) is 19.8. The standard InChI is InChI=1S/C35H55N5O8/c1-43-34(41)31-12-8-10-29(37-31)28-39-16-20-45-24-26-47-22-18-40(19-23-48-27-25-46-21-17-39)33(14-6-4-3-5-7-15-36)30-11-9-13-32(38-30)35(42)44-2/h8-13,33H,3-7,14-28,36H2,1-2H3. The molecule has 1 aliphatic rings. The molecule has 3 heterocycles. The van der Waals surface area contributed by atoms with Crippen molar-refractivity contribution in [2.45, 2.75) is 51.1 Å². The highest BCUT2D eigenvalue weighted by Crippen LogP contribution is 2.26. The summed E-state index contributed by atoms with van der Waals surface area (Å²) in [5.74, 6) is -0.906. The van der Waals surface area contributed by atoms with Crippen molar-refractivity contribution in [1.82, 2.24) is 19.8 Å². The minimum absolute atomic E-state index is 0.0109. The summed E-state index contributed by atoms with van der Waals surface area (Å²) < 4.78 is 33.6. The Morgan fingerprint density at radius 1 is 0.708 bits per heavy atom. The van der Waals surface area contributed by atoms with Crippen LogP contribution >= 0.6 is 0 Å². The zero-order valence-corrected chi connectivity index (χ0v) is 28.8. The molecule has 0 bridgehead atoms.